The minimum atomic E-state index is -2.08. The second-order valence-electron chi connectivity index (χ2n) is 15.2. The molecule has 6 rings (SSSR count). The smallest absolute Gasteiger partial charge is 1.00 e. The first-order valence-electron chi connectivity index (χ1n) is 15.8. The van der Waals surface area contributed by atoms with Gasteiger partial charge in [0.2, 0.25) is 0 Å². The van der Waals surface area contributed by atoms with Crippen molar-refractivity contribution in [3.63, 3.8) is 0 Å². The van der Waals surface area contributed by atoms with Crippen LogP contribution in [0.25, 0.3) is 11.1 Å². The van der Waals surface area contributed by atoms with E-state index in [-0.39, 0.29) is 61.8 Å². The molecule has 0 amide bonds. The third kappa shape index (κ3) is 7.18. The summed E-state index contributed by atoms with van der Waals surface area (Å²) in [7, 11) is -2.08. The van der Waals surface area contributed by atoms with Crippen LogP contribution >= 0.6 is 0 Å². The van der Waals surface area contributed by atoms with Crippen molar-refractivity contribution in [3.8, 4) is 0 Å². The first kappa shape index (κ1) is 39.5. The molecule has 2 saturated carbocycles. The number of fused-ring (bicyclic) bond motifs is 2. The maximum Gasteiger partial charge on any atom is 4.00 e. The van der Waals surface area contributed by atoms with Gasteiger partial charge in [-0.15, -0.1) is 0 Å². The maximum absolute atomic E-state index is 2.56. The minimum absolute atomic E-state index is 0. The van der Waals surface area contributed by atoms with Crippen LogP contribution in [0.2, 0.25) is 13.1 Å². The average Bonchev–Trinajstić information content (AvgIpc) is 3.48. The Morgan fingerprint density at radius 1 is 0.500 bits per heavy atom. The van der Waals surface area contributed by atoms with Crippen LogP contribution in [-0.2, 0) is 37.0 Å². The summed E-state index contributed by atoms with van der Waals surface area (Å²) in [5.74, 6) is 8.46. The van der Waals surface area contributed by atoms with Crippen molar-refractivity contribution in [2.24, 2.45) is 0 Å². The fraction of sp³-hybridized carbons (Fsp3) is 0.286. The Morgan fingerprint density at radius 2 is 0.826 bits per heavy atom. The van der Waals surface area contributed by atoms with Crippen molar-refractivity contribution >= 4 is 19.2 Å². The topological polar surface area (TPSA) is 0 Å². The Balaban J connectivity index is 0.00000192. The average molecular weight is 741 g/mol. The molecule has 4 heteroatoms. The molecular formula is C42H46Cl2SiZr+2. The van der Waals surface area contributed by atoms with Gasteiger partial charge in [0, 0.05) is 23.7 Å². The second-order valence-corrected chi connectivity index (χ2v) is 19.5. The Labute approximate surface area is 314 Å². The summed E-state index contributed by atoms with van der Waals surface area (Å²) in [6.07, 6.45) is 18.8. The van der Waals surface area contributed by atoms with Crippen LogP contribution in [0.15, 0.2) is 85.0 Å². The largest absolute Gasteiger partial charge is 4.00 e. The fourth-order valence-corrected chi connectivity index (χ4v) is 11.6. The van der Waals surface area contributed by atoms with E-state index in [1.807, 2.05) is 0 Å². The fourth-order valence-electron chi connectivity index (χ4n) is 7.47. The molecule has 0 bridgehead atoms. The molecule has 46 heavy (non-hydrogen) atoms. The molecule has 0 heterocycles. The quantitative estimate of drug-likeness (QED) is 0.398. The van der Waals surface area contributed by atoms with Gasteiger partial charge < -0.3 is 24.8 Å². The number of allylic oxidation sites excluding steroid dienone is 8. The summed E-state index contributed by atoms with van der Waals surface area (Å²) < 4.78 is 0. The molecule has 0 unspecified atom stereocenters. The van der Waals surface area contributed by atoms with Crippen molar-refractivity contribution in [1.82, 2.24) is 0 Å². The monoisotopic (exact) mass is 738 g/mol. The summed E-state index contributed by atoms with van der Waals surface area (Å²) in [6, 6.07) is 18.5. The SMILES string of the molecule is C[C]1[CH][C]2[C](C=CC=C2c2ccc(C(C)(C)C)cc2)[C]1[Si](C)(C)[C]1[C](C)[CH][C]2[C]1C=CC=C2c1ccc(C(C)(C)C)cc1.[Cl-].[Cl-].[Zr+4]. The van der Waals surface area contributed by atoms with E-state index in [0.29, 0.717) is 0 Å². The van der Waals surface area contributed by atoms with Gasteiger partial charge >= 0.3 is 26.2 Å². The van der Waals surface area contributed by atoms with Gasteiger partial charge in [0.15, 0.2) is 0 Å². The van der Waals surface area contributed by atoms with Gasteiger partial charge in [-0.25, -0.2) is 0 Å². The zero-order chi connectivity index (χ0) is 30.9. The Kier molecular flexibility index (Phi) is 12.5. The zero-order valence-corrected chi connectivity index (χ0v) is 34.0. The predicted octanol–water partition coefficient (Wildman–Crippen LogP) is 4.75. The van der Waals surface area contributed by atoms with Gasteiger partial charge in [-0.05, 0) is 80.0 Å². The van der Waals surface area contributed by atoms with Gasteiger partial charge in [0.1, 0.15) is 0 Å². The van der Waals surface area contributed by atoms with E-state index in [1.54, 1.807) is 11.1 Å². The zero-order valence-electron chi connectivity index (χ0n) is 29.0. The molecule has 0 nitrogen and oxygen atoms in total. The summed E-state index contributed by atoms with van der Waals surface area (Å²) in [5, 5.41) is 0. The number of benzene rings is 2. The first-order chi connectivity index (χ1) is 20.2. The van der Waals surface area contributed by atoms with Gasteiger partial charge in [-0.1, -0.05) is 153 Å². The van der Waals surface area contributed by atoms with Crippen LogP contribution in [0.3, 0.4) is 0 Å². The molecule has 4 aliphatic rings. The van der Waals surface area contributed by atoms with E-state index in [0.717, 1.165) is 0 Å². The Hall–Kier alpha value is -0.920. The van der Waals surface area contributed by atoms with Crippen molar-refractivity contribution in [2.45, 2.75) is 79.3 Å². The Bertz CT molecular complexity index is 1350. The molecule has 2 aromatic rings. The minimum Gasteiger partial charge on any atom is -1.00 e. The maximum atomic E-state index is 2.56. The van der Waals surface area contributed by atoms with Crippen molar-refractivity contribution in [1.29, 1.82) is 0 Å². The van der Waals surface area contributed by atoms with Crippen molar-refractivity contribution in [2.75, 3.05) is 0 Å². The molecule has 0 aromatic heterocycles. The van der Waals surface area contributed by atoms with Gasteiger partial charge in [-0.3, -0.25) is 0 Å². The van der Waals surface area contributed by atoms with Gasteiger partial charge in [0.25, 0.3) is 0 Å². The molecule has 0 aliphatic heterocycles. The summed E-state index contributed by atoms with van der Waals surface area (Å²) in [4.78, 5) is 0. The number of hydrogen-bond acceptors (Lipinski definition) is 0. The molecule has 0 N–H and O–H groups in total. The second kappa shape index (κ2) is 14.5. The standard InChI is InChI=1S/C42H46Si.2ClH.Zr/c1-27-25-37-33(29-17-21-31(22-18-29)41(3,4)5)13-11-15-35(37)39(27)43(9,10)40-28(2)26-38-34(14-12-16-36(38)40)30-19-23-32(24-20-30)42(6,7)8;;;/h11-26H,1-10H3;2*1H;/q;;;+4/p-2. The number of halogens is 2. The molecule has 10 radical (unpaired) electrons. The molecule has 0 spiro atoms. The molecule has 0 atom stereocenters. The van der Waals surface area contributed by atoms with Crippen LogP contribution in [0.4, 0.5) is 0 Å². The van der Waals surface area contributed by atoms with E-state index in [1.165, 1.54) is 68.9 Å². The van der Waals surface area contributed by atoms with E-state index in [4.69, 9.17) is 0 Å². The van der Waals surface area contributed by atoms with Crippen LogP contribution in [0.1, 0.15) is 77.6 Å². The number of hydrogen-bond donors (Lipinski definition) is 0. The van der Waals surface area contributed by atoms with E-state index >= 15 is 0 Å². The van der Waals surface area contributed by atoms with E-state index in [9.17, 15) is 0 Å². The third-order valence-corrected chi connectivity index (χ3v) is 13.5. The summed E-state index contributed by atoms with van der Waals surface area (Å²) >= 11 is 0. The summed E-state index contributed by atoms with van der Waals surface area (Å²) in [5.41, 5.74) is 11.5. The third-order valence-electron chi connectivity index (χ3n) is 9.64. The van der Waals surface area contributed by atoms with Crippen molar-refractivity contribution < 1.29 is 51.0 Å². The Morgan fingerprint density at radius 3 is 1.13 bits per heavy atom. The normalized spacial score (nSPS) is 20.8. The van der Waals surface area contributed by atoms with Gasteiger partial charge in [-0.2, -0.15) is 0 Å². The van der Waals surface area contributed by atoms with E-state index in [2.05, 4.69) is 166 Å². The first-order valence-corrected chi connectivity index (χ1v) is 18.8. The van der Waals surface area contributed by atoms with Gasteiger partial charge in [0.05, 0.1) is 8.07 Å². The summed E-state index contributed by atoms with van der Waals surface area (Å²) in [6.45, 7) is 23.5. The molecule has 234 valence electrons. The van der Waals surface area contributed by atoms with Crippen molar-refractivity contribution in [3.05, 3.63) is 167 Å². The molecule has 0 saturated heterocycles. The predicted molar refractivity (Wildman–Crippen MR) is 188 cm³/mol. The van der Waals surface area contributed by atoms with Crippen LogP contribution in [0, 0.1) is 59.4 Å². The molecule has 4 aliphatic carbocycles. The number of rotatable bonds is 4. The van der Waals surface area contributed by atoms with Crippen LogP contribution in [0.5, 0.6) is 0 Å². The molecular weight excluding hydrogens is 695 g/mol. The van der Waals surface area contributed by atoms with Crippen LogP contribution in [-0.4, -0.2) is 8.07 Å². The van der Waals surface area contributed by atoms with Crippen LogP contribution < -0.4 is 24.8 Å². The molecule has 2 fully saturated rings. The molecule has 2 aromatic carbocycles. The van der Waals surface area contributed by atoms with E-state index < -0.39 is 8.07 Å².